The Morgan fingerprint density at radius 1 is 1.37 bits per heavy atom. The Labute approximate surface area is 162 Å². The zero-order valence-corrected chi connectivity index (χ0v) is 16.5. The SMILES string of the molecule is CCOC(=O)[C@@H]1CSCCN1C(=O)c1ccc(S(=O)(=O)NCCC#N)cc1. The molecule has 0 aromatic heterocycles. The number of nitrogens with one attached hydrogen (secondary N) is 1. The Hall–Kier alpha value is -2.09. The fourth-order valence-electron chi connectivity index (χ4n) is 2.55. The van der Waals surface area contributed by atoms with Gasteiger partial charge in [0, 0.05) is 36.6 Å². The second-order valence-electron chi connectivity index (χ2n) is 5.67. The minimum Gasteiger partial charge on any atom is -0.464 e. The predicted molar refractivity (Wildman–Crippen MR) is 101 cm³/mol. The van der Waals surface area contributed by atoms with E-state index < -0.39 is 22.0 Å². The van der Waals surface area contributed by atoms with Gasteiger partial charge in [0.15, 0.2) is 0 Å². The quantitative estimate of drug-likeness (QED) is 0.525. The molecule has 1 saturated heterocycles. The summed E-state index contributed by atoms with van der Waals surface area (Å²) < 4.78 is 31.6. The van der Waals surface area contributed by atoms with Gasteiger partial charge in [-0.3, -0.25) is 4.79 Å². The zero-order chi connectivity index (χ0) is 19.9. The number of nitrogens with zero attached hydrogens (tertiary/aromatic N) is 2. The Kier molecular flexibility index (Phi) is 7.65. The number of amides is 1. The maximum absolute atomic E-state index is 12.8. The molecule has 1 aromatic rings. The van der Waals surface area contributed by atoms with Gasteiger partial charge in [-0.25, -0.2) is 17.9 Å². The van der Waals surface area contributed by atoms with Crippen molar-refractivity contribution >= 4 is 33.7 Å². The lowest BCUT2D eigenvalue weighted by molar-refractivity contribution is -0.147. The molecule has 1 heterocycles. The van der Waals surface area contributed by atoms with Crippen molar-refractivity contribution in [3.05, 3.63) is 29.8 Å². The van der Waals surface area contributed by atoms with Crippen molar-refractivity contribution in [3.63, 3.8) is 0 Å². The number of thioether (sulfide) groups is 1. The van der Waals surface area contributed by atoms with Crippen LogP contribution in [0.2, 0.25) is 0 Å². The number of esters is 1. The molecule has 0 aliphatic carbocycles. The Morgan fingerprint density at radius 2 is 2.07 bits per heavy atom. The van der Waals surface area contributed by atoms with E-state index in [-0.39, 0.29) is 30.4 Å². The highest BCUT2D eigenvalue weighted by Crippen LogP contribution is 2.21. The van der Waals surface area contributed by atoms with Crippen LogP contribution in [0, 0.1) is 11.3 Å². The Balaban J connectivity index is 2.14. The van der Waals surface area contributed by atoms with E-state index in [1.807, 2.05) is 6.07 Å². The van der Waals surface area contributed by atoms with E-state index in [0.717, 1.165) is 5.75 Å². The van der Waals surface area contributed by atoms with Gasteiger partial charge in [-0.1, -0.05) is 0 Å². The maximum atomic E-state index is 12.8. The first kappa shape index (κ1) is 21.2. The van der Waals surface area contributed by atoms with Crippen molar-refractivity contribution in [1.82, 2.24) is 9.62 Å². The number of hydrogen-bond acceptors (Lipinski definition) is 7. The molecule has 1 fully saturated rings. The summed E-state index contributed by atoms with van der Waals surface area (Å²) in [5, 5.41) is 8.49. The summed E-state index contributed by atoms with van der Waals surface area (Å²) >= 11 is 1.58. The molecule has 8 nitrogen and oxygen atoms in total. The lowest BCUT2D eigenvalue weighted by Crippen LogP contribution is -2.51. The van der Waals surface area contributed by atoms with Crippen molar-refractivity contribution in [1.29, 1.82) is 5.26 Å². The van der Waals surface area contributed by atoms with Crippen molar-refractivity contribution in [2.24, 2.45) is 0 Å². The molecule has 1 aliphatic rings. The largest absolute Gasteiger partial charge is 0.464 e. The monoisotopic (exact) mass is 411 g/mol. The maximum Gasteiger partial charge on any atom is 0.329 e. The smallest absolute Gasteiger partial charge is 0.329 e. The van der Waals surface area contributed by atoms with E-state index >= 15 is 0 Å². The number of carbonyl (C=O) groups is 2. The molecule has 0 radical (unpaired) electrons. The standard InChI is InChI=1S/C17H21N3O5S2/c1-2-25-17(22)15-12-26-11-10-20(15)16(21)13-4-6-14(7-5-13)27(23,24)19-9-3-8-18/h4-7,15,19H,2-3,9-12H2,1H3/t15-/m0/s1. The third-order valence-electron chi connectivity index (χ3n) is 3.89. The van der Waals surface area contributed by atoms with E-state index in [1.165, 1.54) is 29.2 Å². The first-order valence-corrected chi connectivity index (χ1v) is 11.1. The molecule has 146 valence electrons. The van der Waals surface area contributed by atoms with Crippen molar-refractivity contribution in [2.45, 2.75) is 24.3 Å². The van der Waals surface area contributed by atoms with Crippen molar-refractivity contribution < 1.29 is 22.7 Å². The number of carbonyl (C=O) groups excluding carboxylic acids is 2. The molecular formula is C17H21N3O5S2. The third kappa shape index (κ3) is 5.45. The van der Waals surface area contributed by atoms with Gasteiger partial charge in [-0.05, 0) is 31.2 Å². The highest BCUT2D eigenvalue weighted by molar-refractivity contribution is 7.99. The molecule has 0 saturated carbocycles. The van der Waals surface area contributed by atoms with Gasteiger partial charge in [-0.2, -0.15) is 17.0 Å². The number of ether oxygens (including phenoxy) is 1. The molecule has 1 aliphatic heterocycles. The first-order chi connectivity index (χ1) is 12.9. The molecule has 27 heavy (non-hydrogen) atoms. The average Bonchev–Trinajstić information content (AvgIpc) is 2.68. The van der Waals surface area contributed by atoms with E-state index in [0.29, 0.717) is 17.9 Å². The lowest BCUT2D eigenvalue weighted by Gasteiger charge is -2.33. The molecule has 0 unspecified atom stereocenters. The summed E-state index contributed by atoms with van der Waals surface area (Å²) in [6, 6.07) is 6.72. The van der Waals surface area contributed by atoms with E-state index in [4.69, 9.17) is 10.00 Å². The van der Waals surface area contributed by atoms with Crippen LogP contribution < -0.4 is 4.72 Å². The molecular weight excluding hydrogens is 390 g/mol. The van der Waals surface area contributed by atoms with Crippen LogP contribution in [0.3, 0.4) is 0 Å². The first-order valence-electron chi connectivity index (χ1n) is 8.42. The molecule has 2 rings (SSSR count). The van der Waals surface area contributed by atoms with Crippen LogP contribution >= 0.6 is 11.8 Å². The van der Waals surface area contributed by atoms with Crippen LogP contribution in [0.4, 0.5) is 0 Å². The summed E-state index contributed by atoms with van der Waals surface area (Å²) in [7, 11) is -3.73. The van der Waals surface area contributed by atoms with Gasteiger partial charge >= 0.3 is 5.97 Å². The van der Waals surface area contributed by atoms with Gasteiger partial charge < -0.3 is 9.64 Å². The molecule has 0 bridgehead atoms. The van der Waals surface area contributed by atoms with E-state index in [2.05, 4.69) is 4.72 Å². The van der Waals surface area contributed by atoms with Crippen LogP contribution in [0.15, 0.2) is 29.2 Å². The number of sulfonamides is 1. The number of rotatable bonds is 7. The topological polar surface area (TPSA) is 117 Å². The van der Waals surface area contributed by atoms with Crippen LogP contribution in [-0.2, 0) is 19.6 Å². The molecule has 1 aromatic carbocycles. The van der Waals surface area contributed by atoms with E-state index in [9.17, 15) is 18.0 Å². The Bertz CT molecular complexity index is 818. The lowest BCUT2D eigenvalue weighted by atomic mass is 10.1. The number of hydrogen-bond donors (Lipinski definition) is 1. The van der Waals surface area contributed by atoms with Gasteiger partial charge in [0.05, 0.1) is 17.6 Å². The van der Waals surface area contributed by atoms with Crippen molar-refractivity contribution in [2.75, 3.05) is 31.2 Å². The van der Waals surface area contributed by atoms with E-state index in [1.54, 1.807) is 18.7 Å². The van der Waals surface area contributed by atoms with Gasteiger partial charge in [-0.15, -0.1) is 0 Å². The fraction of sp³-hybridized carbons (Fsp3) is 0.471. The second kappa shape index (κ2) is 9.73. The summed E-state index contributed by atoms with van der Waals surface area (Å²) in [6.45, 7) is 2.40. The minimum atomic E-state index is -3.73. The predicted octanol–water partition coefficient (Wildman–Crippen LogP) is 0.999. The summed E-state index contributed by atoms with van der Waals surface area (Å²) in [5.74, 6) is 0.421. The van der Waals surface area contributed by atoms with Gasteiger partial charge in [0.2, 0.25) is 10.0 Å². The molecule has 1 amide bonds. The summed E-state index contributed by atoms with van der Waals surface area (Å²) in [5.41, 5.74) is 0.298. The average molecular weight is 412 g/mol. The van der Waals surface area contributed by atoms with Crippen LogP contribution in [0.1, 0.15) is 23.7 Å². The second-order valence-corrected chi connectivity index (χ2v) is 8.59. The summed E-state index contributed by atoms with van der Waals surface area (Å²) in [4.78, 5) is 26.4. The molecule has 0 spiro atoms. The van der Waals surface area contributed by atoms with Gasteiger partial charge in [0.1, 0.15) is 6.04 Å². The number of benzene rings is 1. The summed E-state index contributed by atoms with van der Waals surface area (Å²) in [6.07, 6.45) is 0.0675. The van der Waals surface area contributed by atoms with Crippen LogP contribution in [0.25, 0.3) is 0 Å². The number of nitriles is 1. The molecule has 1 N–H and O–H groups in total. The third-order valence-corrected chi connectivity index (χ3v) is 6.39. The zero-order valence-electron chi connectivity index (χ0n) is 14.9. The molecule has 10 heteroatoms. The molecule has 1 atom stereocenters. The normalized spacial score (nSPS) is 17.2. The van der Waals surface area contributed by atoms with Gasteiger partial charge in [0.25, 0.3) is 5.91 Å². The Morgan fingerprint density at radius 3 is 2.70 bits per heavy atom. The van der Waals surface area contributed by atoms with Crippen LogP contribution in [-0.4, -0.2) is 62.4 Å². The van der Waals surface area contributed by atoms with Crippen LogP contribution in [0.5, 0.6) is 0 Å². The minimum absolute atomic E-state index is 0.00753. The highest BCUT2D eigenvalue weighted by atomic mass is 32.2. The highest BCUT2D eigenvalue weighted by Gasteiger charge is 2.34. The van der Waals surface area contributed by atoms with Crippen molar-refractivity contribution in [3.8, 4) is 6.07 Å². The fourth-order valence-corrected chi connectivity index (χ4v) is 4.61.